The maximum Gasteiger partial charge on any atom is 0.151 e. The Hall–Kier alpha value is -2.43. The lowest BCUT2D eigenvalue weighted by molar-refractivity contribution is 0.659. The molecule has 0 atom stereocenters. The van der Waals surface area contributed by atoms with Crippen molar-refractivity contribution in [2.45, 2.75) is 6.54 Å². The van der Waals surface area contributed by atoms with E-state index in [1.165, 1.54) is 0 Å². The zero-order chi connectivity index (χ0) is 11.5. The van der Waals surface area contributed by atoms with Gasteiger partial charge in [-0.15, -0.1) is 10.2 Å². The number of hydrogen-bond donors (Lipinski definition) is 1. The monoisotopic (exact) mass is 225 g/mol. The molecule has 1 aromatic carbocycles. The molecule has 0 aliphatic carbocycles. The van der Waals surface area contributed by atoms with Gasteiger partial charge in [-0.25, -0.2) is 0 Å². The van der Waals surface area contributed by atoms with Gasteiger partial charge in [-0.2, -0.15) is 5.10 Å². The van der Waals surface area contributed by atoms with Crippen LogP contribution in [0, 0.1) is 0 Å². The van der Waals surface area contributed by atoms with Crippen molar-refractivity contribution in [3.63, 3.8) is 0 Å². The van der Waals surface area contributed by atoms with Crippen LogP contribution >= 0.6 is 0 Å². The average Bonchev–Trinajstić information content (AvgIpc) is 3.02. The highest BCUT2D eigenvalue weighted by Crippen LogP contribution is 2.15. The van der Waals surface area contributed by atoms with E-state index in [2.05, 4.69) is 20.3 Å². The number of nitrogens with zero attached hydrogens (tertiary/aromatic N) is 4. The third kappa shape index (κ3) is 2.08. The van der Waals surface area contributed by atoms with E-state index in [-0.39, 0.29) is 0 Å². The number of rotatable bonds is 3. The summed E-state index contributed by atoms with van der Waals surface area (Å²) in [6.45, 7) is 0.604. The summed E-state index contributed by atoms with van der Waals surface area (Å²) in [6.07, 6.45) is 3.50. The molecular weight excluding hydrogens is 214 g/mol. The molecule has 0 spiro atoms. The topological polar surface area (TPSA) is 59.4 Å². The maximum absolute atomic E-state index is 4.48. The fourth-order valence-electron chi connectivity index (χ4n) is 1.67. The van der Waals surface area contributed by atoms with E-state index in [0.29, 0.717) is 6.54 Å². The van der Waals surface area contributed by atoms with Crippen molar-refractivity contribution in [3.05, 3.63) is 54.7 Å². The summed E-state index contributed by atoms with van der Waals surface area (Å²) in [5.74, 6) is 0.799. The second kappa shape index (κ2) is 4.21. The van der Waals surface area contributed by atoms with Gasteiger partial charge < -0.3 is 4.98 Å². The largest absolute Gasteiger partial charge is 0.330 e. The lowest BCUT2D eigenvalue weighted by atomic mass is 10.2. The molecule has 3 aromatic rings. The van der Waals surface area contributed by atoms with Crippen molar-refractivity contribution in [1.29, 1.82) is 0 Å². The van der Waals surface area contributed by atoms with Crippen LogP contribution in [-0.2, 0) is 6.54 Å². The van der Waals surface area contributed by atoms with Crippen LogP contribution in [-0.4, -0.2) is 25.0 Å². The minimum absolute atomic E-state index is 0.604. The first kappa shape index (κ1) is 9.77. The Kier molecular flexibility index (Phi) is 2.42. The van der Waals surface area contributed by atoms with E-state index in [1.807, 2.05) is 47.3 Å². The van der Waals surface area contributed by atoms with Gasteiger partial charge in [-0.3, -0.25) is 4.68 Å². The number of nitrogens with one attached hydrogen (secondary N) is 1. The van der Waals surface area contributed by atoms with E-state index in [9.17, 15) is 0 Å². The molecular formula is C12H11N5. The van der Waals surface area contributed by atoms with Gasteiger partial charge in [0.2, 0.25) is 0 Å². The Labute approximate surface area is 98.1 Å². The van der Waals surface area contributed by atoms with Crippen LogP contribution in [0.5, 0.6) is 0 Å². The van der Waals surface area contributed by atoms with Crippen LogP contribution in [0.1, 0.15) is 5.82 Å². The van der Waals surface area contributed by atoms with Crippen molar-refractivity contribution in [1.82, 2.24) is 25.0 Å². The van der Waals surface area contributed by atoms with Crippen LogP contribution < -0.4 is 0 Å². The molecule has 2 heterocycles. The number of H-pyrrole nitrogens is 1. The molecule has 0 aliphatic rings. The molecule has 0 unspecified atom stereocenters. The zero-order valence-corrected chi connectivity index (χ0v) is 9.11. The first-order valence-electron chi connectivity index (χ1n) is 5.35. The van der Waals surface area contributed by atoms with Crippen molar-refractivity contribution in [2.75, 3.05) is 0 Å². The van der Waals surface area contributed by atoms with E-state index >= 15 is 0 Å². The Bertz CT molecular complexity index is 582. The third-order valence-electron chi connectivity index (χ3n) is 2.49. The fraction of sp³-hybridized carbons (Fsp3) is 0.0833. The van der Waals surface area contributed by atoms with Gasteiger partial charge in [0.15, 0.2) is 5.82 Å². The number of benzene rings is 1. The normalized spacial score (nSPS) is 10.6. The zero-order valence-electron chi connectivity index (χ0n) is 9.11. The third-order valence-corrected chi connectivity index (χ3v) is 2.49. The highest BCUT2D eigenvalue weighted by molar-refractivity contribution is 5.57. The minimum Gasteiger partial charge on any atom is -0.330 e. The first-order chi connectivity index (χ1) is 8.42. The van der Waals surface area contributed by atoms with Gasteiger partial charge in [0, 0.05) is 11.8 Å². The molecule has 5 nitrogen and oxygen atoms in total. The number of hydrogen-bond acceptors (Lipinski definition) is 3. The Morgan fingerprint density at radius 3 is 2.76 bits per heavy atom. The first-order valence-corrected chi connectivity index (χ1v) is 5.35. The van der Waals surface area contributed by atoms with Crippen molar-refractivity contribution in [3.8, 4) is 11.3 Å². The second-order valence-electron chi connectivity index (χ2n) is 3.70. The van der Waals surface area contributed by atoms with Crippen molar-refractivity contribution >= 4 is 0 Å². The van der Waals surface area contributed by atoms with Crippen LogP contribution in [0.25, 0.3) is 11.3 Å². The molecule has 0 saturated heterocycles. The standard InChI is InChI=1S/C12H11N5/c1-2-4-10(5-3-1)11-6-7-17(16-11)8-12-13-9-14-15-12/h1-7,9H,8H2,(H,13,14,15). The minimum atomic E-state index is 0.604. The van der Waals surface area contributed by atoms with Gasteiger partial charge in [0.25, 0.3) is 0 Å². The average molecular weight is 225 g/mol. The summed E-state index contributed by atoms with van der Waals surface area (Å²) in [4.78, 5) is 2.95. The Morgan fingerprint density at radius 1 is 1.12 bits per heavy atom. The van der Waals surface area contributed by atoms with Gasteiger partial charge in [-0.05, 0) is 6.07 Å². The van der Waals surface area contributed by atoms with Gasteiger partial charge in [-0.1, -0.05) is 30.3 Å². The molecule has 17 heavy (non-hydrogen) atoms. The molecule has 0 aliphatic heterocycles. The van der Waals surface area contributed by atoms with Gasteiger partial charge in [0.05, 0.1) is 5.69 Å². The highest BCUT2D eigenvalue weighted by Gasteiger charge is 2.03. The second-order valence-corrected chi connectivity index (χ2v) is 3.70. The van der Waals surface area contributed by atoms with E-state index in [0.717, 1.165) is 17.1 Å². The van der Waals surface area contributed by atoms with Crippen LogP contribution in [0.15, 0.2) is 48.9 Å². The lowest BCUT2D eigenvalue weighted by Gasteiger charge is -1.97. The summed E-state index contributed by atoms with van der Waals surface area (Å²) < 4.78 is 1.84. The van der Waals surface area contributed by atoms with Crippen LogP contribution in [0.3, 0.4) is 0 Å². The quantitative estimate of drug-likeness (QED) is 0.738. The molecule has 2 aromatic heterocycles. The van der Waals surface area contributed by atoms with Gasteiger partial charge >= 0.3 is 0 Å². The molecule has 0 fully saturated rings. The van der Waals surface area contributed by atoms with Crippen LogP contribution in [0.4, 0.5) is 0 Å². The summed E-state index contributed by atoms with van der Waals surface area (Å²) >= 11 is 0. The predicted molar refractivity (Wildman–Crippen MR) is 63.1 cm³/mol. The molecule has 3 rings (SSSR count). The molecule has 0 bridgehead atoms. The van der Waals surface area contributed by atoms with Crippen LogP contribution in [0.2, 0.25) is 0 Å². The highest BCUT2D eigenvalue weighted by atomic mass is 15.3. The number of aromatic amines is 1. The molecule has 0 radical (unpaired) electrons. The summed E-state index contributed by atoms with van der Waals surface area (Å²) in [7, 11) is 0. The van der Waals surface area contributed by atoms with Crippen molar-refractivity contribution in [2.24, 2.45) is 0 Å². The molecule has 5 heteroatoms. The Balaban J connectivity index is 1.84. The maximum atomic E-state index is 4.48. The fourth-order valence-corrected chi connectivity index (χ4v) is 1.67. The predicted octanol–water partition coefficient (Wildman–Crippen LogP) is 1.72. The molecule has 1 N–H and O–H groups in total. The Morgan fingerprint density at radius 2 is 2.00 bits per heavy atom. The SMILES string of the molecule is c1ccc(-c2ccn(Cc3nnc[nH]3)n2)cc1. The molecule has 0 amide bonds. The van der Waals surface area contributed by atoms with Crippen molar-refractivity contribution < 1.29 is 0 Å². The van der Waals surface area contributed by atoms with Gasteiger partial charge in [0.1, 0.15) is 12.9 Å². The summed E-state index contributed by atoms with van der Waals surface area (Å²) in [5, 5.41) is 12.1. The molecule has 84 valence electrons. The number of aromatic nitrogens is 5. The smallest absolute Gasteiger partial charge is 0.151 e. The molecule has 0 saturated carbocycles. The summed E-state index contributed by atoms with van der Waals surface area (Å²) in [5.41, 5.74) is 2.08. The summed E-state index contributed by atoms with van der Waals surface area (Å²) in [6, 6.07) is 12.1. The van der Waals surface area contributed by atoms with E-state index in [1.54, 1.807) is 6.33 Å². The van der Waals surface area contributed by atoms with E-state index < -0.39 is 0 Å². The van der Waals surface area contributed by atoms with E-state index in [4.69, 9.17) is 0 Å². The lowest BCUT2D eigenvalue weighted by Crippen LogP contribution is -2.02.